The average molecular weight is 560 g/mol. The van der Waals surface area contributed by atoms with Crippen LogP contribution in [-0.4, -0.2) is 38.9 Å². The van der Waals surface area contributed by atoms with E-state index in [1.807, 2.05) is 28.9 Å². The van der Waals surface area contributed by atoms with Crippen molar-refractivity contribution in [3.8, 4) is 5.69 Å². The van der Waals surface area contributed by atoms with Gasteiger partial charge in [0.1, 0.15) is 12.4 Å². The zero-order valence-corrected chi connectivity index (χ0v) is 24.5. The number of fused-ring (bicyclic) bond motifs is 1. The third kappa shape index (κ3) is 5.65. The number of nitrogens with one attached hydrogen (secondary N) is 1. The van der Waals surface area contributed by atoms with Crippen LogP contribution in [0.1, 0.15) is 58.8 Å². The summed E-state index contributed by atoms with van der Waals surface area (Å²) in [4.78, 5) is 34.0. The fourth-order valence-electron chi connectivity index (χ4n) is 4.85. The van der Waals surface area contributed by atoms with Crippen molar-refractivity contribution in [3.63, 3.8) is 0 Å². The lowest BCUT2D eigenvalue weighted by Gasteiger charge is -2.24. The summed E-state index contributed by atoms with van der Waals surface area (Å²) in [5.74, 6) is 0.604. The highest BCUT2D eigenvalue weighted by Gasteiger charge is 2.40. The van der Waals surface area contributed by atoms with Crippen molar-refractivity contribution >= 4 is 40.7 Å². The van der Waals surface area contributed by atoms with Crippen LogP contribution < -0.4 is 10.2 Å². The van der Waals surface area contributed by atoms with Gasteiger partial charge in [0.25, 0.3) is 0 Å². The molecule has 0 saturated carbocycles. The van der Waals surface area contributed by atoms with Crippen molar-refractivity contribution in [1.82, 2.24) is 20.1 Å². The smallest absolute Gasteiger partial charge is 0.240 e. The molecule has 0 aliphatic carbocycles. The second kappa shape index (κ2) is 11.0. The van der Waals surface area contributed by atoms with Gasteiger partial charge in [-0.15, -0.1) is 23.1 Å². The molecule has 4 aromatic rings. The first kappa shape index (κ1) is 27.1. The van der Waals surface area contributed by atoms with Crippen molar-refractivity contribution in [2.75, 3.05) is 17.2 Å². The molecule has 1 aromatic carbocycles. The van der Waals surface area contributed by atoms with Crippen molar-refractivity contribution in [2.24, 2.45) is 0 Å². The third-order valence-corrected chi connectivity index (χ3v) is 9.02. The highest BCUT2D eigenvalue weighted by Crippen LogP contribution is 2.49. The number of nitrogens with zero attached hydrogens (tertiary/aromatic N) is 4. The lowest BCUT2D eigenvalue weighted by atomic mass is 9.88. The fraction of sp³-hybridized carbons (Fsp3) is 0.333. The van der Waals surface area contributed by atoms with Crippen LogP contribution in [0.3, 0.4) is 0 Å². The fourth-order valence-corrected chi connectivity index (χ4v) is 7.03. The summed E-state index contributed by atoms with van der Waals surface area (Å²) >= 11 is 3.29. The molecule has 4 heterocycles. The van der Waals surface area contributed by atoms with Crippen LogP contribution in [0, 0.1) is 13.8 Å². The van der Waals surface area contributed by atoms with Crippen molar-refractivity contribution in [3.05, 3.63) is 93.1 Å². The normalized spacial score (nSPS) is 15.7. The minimum Gasteiger partial charge on any atom is -0.350 e. The van der Waals surface area contributed by atoms with E-state index >= 15 is 0 Å². The molecule has 3 aromatic heterocycles. The number of anilines is 1. The number of thioether (sulfide) groups is 1. The number of carbonyl (C=O) groups excluding carboxylic acids is 2. The molecule has 2 amide bonds. The molecule has 1 N–H and O–H groups in total. The first-order valence-electron chi connectivity index (χ1n) is 13.0. The maximum atomic E-state index is 13.8. The maximum Gasteiger partial charge on any atom is 0.240 e. The van der Waals surface area contributed by atoms with E-state index in [0.717, 1.165) is 33.6 Å². The van der Waals surface area contributed by atoms with E-state index < -0.39 is 0 Å². The van der Waals surface area contributed by atoms with Gasteiger partial charge in [-0.05, 0) is 48.6 Å². The number of pyridine rings is 1. The number of rotatable bonds is 6. The summed E-state index contributed by atoms with van der Waals surface area (Å²) < 4.78 is 1.89. The van der Waals surface area contributed by atoms with Crippen LogP contribution in [-0.2, 0) is 21.5 Å². The molecule has 0 fully saturated rings. The Hall–Kier alpha value is -3.43. The number of hydrogen-bond donors (Lipinski definition) is 1. The van der Waals surface area contributed by atoms with E-state index in [4.69, 9.17) is 5.10 Å². The Balaban J connectivity index is 1.65. The molecule has 0 radical (unpaired) electrons. The molecule has 7 nitrogen and oxygen atoms in total. The van der Waals surface area contributed by atoms with Crippen molar-refractivity contribution in [1.29, 1.82) is 0 Å². The van der Waals surface area contributed by atoms with Gasteiger partial charge in [0.15, 0.2) is 0 Å². The van der Waals surface area contributed by atoms with Gasteiger partial charge in [-0.1, -0.05) is 50.6 Å². The summed E-state index contributed by atoms with van der Waals surface area (Å²) in [7, 11) is 0. The summed E-state index contributed by atoms with van der Waals surface area (Å²) in [5, 5.41) is 10.1. The molecule has 1 aliphatic rings. The van der Waals surface area contributed by atoms with Crippen LogP contribution in [0.25, 0.3) is 5.69 Å². The molecule has 9 heteroatoms. The molecule has 0 unspecified atom stereocenters. The Morgan fingerprint density at radius 1 is 1.15 bits per heavy atom. The van der Waals surface area contributed by atoms with Crippen LogP contribution in [0.5, 0.6) is 0 Å². The van der Waals surface area contributed by atoms with Crippen molar-refractivity contribution < 1.29 is 9.59 Å². The lowest BCUT2D eigenvalue weighted by Crippen LogP contribution is -2.42. The van der Waals surface area contributed by atoms with Gasteiger partial charge in [-0.2, -0.15) is 5.10 Å². The van der Waals surface area contributed by atoms with Gasteiger partial charge < -0.3 is 5.32 Å². The lowest BCUT2D eigenvalue weighted by molar-refractivity contribution is -0.123. The minimum atomic E-state index is -0.286. The molecule has 0 bridgehead atoms. The van der Waals surface area contributed by atoms with Crippen LogP contribution >= 0.6 is 23.1 Å². The second-order valence-electron chi connectivity index (χ2n) is 10.9. The summed E-state index contributed by atoms with van der Waals surface area (Å²) in [5.41, 5.74) is 5.65. The number of benzene rings is 1. The topological polar surface area (TPSA) is 80.1 Å². The number of amides is 2. The van der Waals surface area contributed by atoms with Crippen LogP contribution in [0.15, 0.2) is 60.2 Å². The van der Waals surface area contributed by atoms with Gasteiger partial charge in [-0.3, -0.25) is 19.5 Å². The summed E-state index contributed by atoms with van der Waals surface area (Å²) in [6.07, 6.45) is 3.42. The van der Waals surface area contributed by atoms with E-state index in [-0.39, 0.29) is 34.8 Å². The van der Waals surface area contributed by atoms with Gasteiger partial charge in [0, 0.05) is 34.8 Å². The molecule has 1 atom stereocenters. The molecule has 1 aliphatic heterocycles. The predicted molar refractivity (Wildman–Crippen MR) is 159 cm³/mol. The Kier molecular flexibility index (Phi) is 7.64. The molecule has 0 saturated heterocycles. The second-order valence-corrected chi connectivity index (χ2v) is 12.9. The van der Waals surface area contributed by atoms with Gasteiger partial charge in [0.2, 0.25) is 11.8 Å². The molecule has 202 valence electrons. The molecular formula is C30H33N5O2S2. The zero-order chi connectivity index (χ0) is 27.7. The number of carbonyl (C=O) groups is 2. The average Bonchev–Trinajstić information content (AvgIpc) is 3.53. The van der Waals surface area contributed by atoms with E-state index in [0.29, 0.717) is 12.4 Å². The van der Waals surface area contributed by atoms with E-state index in [1.54, 1.807) is 40.4 Å². The quantitative estimate of drug-likeness (QED) is 0.326. The van der Waals surface area contributed by atoms with Crippen LogP contribution in [0.4, 0.5) is 5.82 Å². The highest BCUT2D eigenvalue weighted by atomic mass is 32.2. The number of aryl methyl sites for hydroxylation is 2. The third-order valence-electron chi connectivity index (χ3n) is 6.70. The highest BCUT2D eigenvalue weighted by molar-refractivity contribution is 8.00. The Morgan fingerprint density at radius 3 is 2.64 bits per heavy atom. The molecule has 39 heavy (non-hydrogen) atoms. The first-order valence-corrected chi connectivity index (χ1v) is 14.9. The number of hydrogen-bond acceptors (Lipinski definition) is 6. The molecule has 5 rings (SSSR count). The first-order chi connectivity index (χ1) is 18.6. The maximum absolute atomic E-state index is 13.8. The predicted octanol–water partition coefficient (Wildman–Crippen LogP) is 5.73. The SMILES string of the molecule is Cc1ccc(-n2nc(C(C)(C)C)c3c2N(CC(=O)NCc2cccnc2)C(=O)CS[C@H]3c2cccs2)c(C)c1. The Labute approximate surface area is 237 Å². The Bertz CT molecular complexity index is 1490. The molecular weight excluding hydrogens is 526 g/mol. The van der Waals surface area contributed by atoms with E-state index in [9.17, 15) is 9.59 Å². The Morgan fingerprint density at radius 2 is 1.97 bits per heavy atom. The van der Waals surface area contributed by atoms with Crippen molar-refractivity contribution in [2.45, 2.75) is 51.8 Å². The summed E-state index contributed by atoms with van der Waals surface area (Å²) in [6, 6.07) is 14.1. The summed E-state index contributed by atoms with van der Waals surface area (Å²) in [6.45, 7) is 10.8. The van der Waals surface area contributed by atoms with E-state index in [2.05, 4.69) is 68.5 Å². The monoisotopic (exact) mass is 559 g/mol. The standard InChI is InChI=1S/C30H33N5O2S2/c1-19-10-11-22(20(2)14-19)35-29-26(28(33-35)30(3,4)5)27(23-9-7-13-38-23)39-18-25(37)34(29)17-24(36)32-16-21-8-6-12-31-15-21/h6-15,27H,16-18H2,1-5H3,(H,32,36)/t27-/m0/s1. The van der Waals surface area contributed by atoms with Crippen LogP contribution in [0.2, 0.25) is 0 Å². The molecule has 0 spiro atoms. The minimum absolute atomic E-state index is 0.0684. The van der Waals surface area contributed by atoms with E-state index in [1.165, 1.54) is 4.88 Å². The largest absolute Gasteiger partial charge is 0.350 e. The van der Waals surface area contributed by atoms with Gasteiger partial charge in [-0.25, -0.2) is 4.68 Å². The number of aromatic nitrogens is 3. The van der Waals surface area contributed by atoms with Gasteiger partial charge in [0.05, 0.1) is 22.4 Å². The number of thiophene rings is 1. The zero-order valence-electron chi connectivity index (χ0n) is 22.9. The van der Waals surface area contributed by atoms with Gasteiger partial charge >= 0.3 is 0 Å².